The Hall–Kier alpha value is -2.82. The minimum Gasteiger partial charge on any atom is -0.494 e. The Morgan fingerprint density at radius 1 is 1.08 bits per heavy atom. The van der Waals surface area contributed by atoms with Crippen LogP contribution in [0.2, 0.25) is 0 Å². The fourth-order valence-electron chi connectivity index (χ4n) is 2.59. The minimum atomic E-state index is -0.155. The second-order valence-electron chi connectivity index (χ2n) is 5.97. The van der Waals surface area contributed by atoms with E-state index >= 15 is 0 Å². The molecule has 0 heterocycles. The highest BCUT2D eigenvalue weighted by Gasteiger charge is 2.07. The number of carbonyl (C=O) groups is 1. The van der Waals surface area contributed by atoms with E-state index in [0.29, 0.717) is 25.4 Å². The molecule has 0 aliphatic heterocycles. The predicted molar refractivity (Wildman–Crippen MR) is 104 cm³/mol. The van der Waals surface area contributed by atoms with Crippen molar-refractivity contribution in [2.75, 3.05) is 13.2 Å². The van der Waals surface area contributed by atoms with Gasteiger partial charge in [0.1, 0.15) is 11.5 Å². The molecule has 5 heteroatoms. The summed E-state index contributed by atoms with van der Waals surface area (Å²) in [5.74, 6) is 1.26. The lowest BCUT2D eigenvalue weighted by Crippen LogP contribution is -2.20. The fourth-order valence-corrected chi connectivity index (χ4v) is 2.59. The zero-order chi connectivity index (χ0) is 18.9. The van der Waals surface area contributed by atoms with Crippen molar-refractivity contribution >= 4 is 12.1 Å². The van der Waals surface area contributed by atoms with Crippen LogP contribution < -0.4 is 14.9 Å². The number of carbonyl (C=O) groups excluding carboxylic acids is 1. The Labute approximate surface area is 155 Å². The van der Waals surface area contributed by atoms with Crippen molar-refractivity contribution in [2.45, 2.75) is 34.1 Å². The Balaban J connectivity index is 2.01. The van der Waals surface area contributed by atoms with Gasteiger partial charge in [0.25, 0.3) is 0 Å². The van der Waals surface area contributed by atoms with Crippen LogP contribution in [0.1, 0.15) is 36.1 Å². The third-order valence-corrected chi connectivity index (χ3v) is 3.84. The topological polar surface area (TPSA) is 59.9 Å². The van der Waals surface area contributed by atoms with Gasteiger partial charge in [-0.2, -0.15) is 5.10 Å². The van der Waals surface area contributed by atoms with Crippen LogP contribution >= 0.6 is 0 Å². The third-order valence-electron chi connectivity index (χ3n) is 3.84. The lowest BCUT2D eigenvalue weighted by atomic mass is 10.0. The van der Waals surface area contributed by atoms with E-state index in [1.165, 1.54) is 5.56 Å². The highest BCUT2D eigenvalue weighted by molar-refractivity contribution is 5.86. The molecule has 0 aliphatic rings. The van der Waals surface area contributed by atoms with Gasteiger partial charge in [-0.15, -0.1) is 0 Å². The van der Waals surface area contributed by atoms with Crippen LogP contribution in [0.5, 0.6) is 11.5 Å². The first-order valence-electron chi connectivity index (χ1n) is 8.81. The molecule has 0 radical (unpaired) electrons. The number of nitrogens with zero attached hydrogens (tertiary/aromatic N) is 1. The van der Waals surface area contributed by atoms with Crippen LogP contribution in [-0.2, 0) is 11.2 Å². The van der Waals surface area contributed by atoms with E-state index in [4.69, 9.17) is 9.47 Å². The molecule has 2 aromatic carbocycles. The van der Waals surface area contributed by atoms with Gasteiger partial charge in [-0.1, -0.05) is 23.8 Å². The van der Waals surface area contributed by atoms with Crippen molar-refractivity contribution in [1.29, 1.82) is 0 Å². The Kier molecular flexibility index (Phi) is 7.21. The zero-order valence-electron chi connectivity index (χ0n) is 15.8. The maximum atomic E-state index is 12.1. The maximum absolute atomic E-state index is 12.1. The standard InChI is InChI=1S/C21H26N2O3/c1-5-25-19-10-9-18(20(13-19)26-6-2)14-22-23-21(24)12-17-8-7-15(3)11-16(17)4/h7-11,13-14H,5-6,12H2,1-4H3,(H,23,24)/b22-14-. The fraction of sp³-hybridized carbons (Fsp3) is 0.333. The van der Waals surface area contributed by atoms with Gasteiger partial charge in [0, 0.05) is 11.6 Å². The van der Waals surface area contributed by atoms with Gasteiger partial charge in [-0.3, -0.25) is 4.79 Å². The predicted octanol–water partition coefficient (Wildman–Crippen LogP) is 3.79. The summed E-state index contributed by atoms with van der Waals surface area (Å²) in [6.45, 7) is 9.02. The molecule has 138 valence electrons. The van der Waals surface area contributed by atoms with Gasteiger partial charge < -0.3 is 9.47 Å². The summed E-state index contributed by atoms with van der Waals surface area (Å²) in [7, 11) is 0. The molecule has 0 spiro atoms. The molecule has 0 bridgehead atoms. The molecule has 2 rings (SSSR count). The Morgan fingerprint density at radius 3 is 2.54 bits per heavy atom. The molecular weight excluding hydrogens is 328 g/mol. The van der Waals surface area contributed by atoms with Gasteiger partial charge in [0.2, 0.25) is 5.91 Å². The minimum absolute atomic E-state index is 0.155. The van der Waals surface area contributed by atoms with Gasteiger partial charge >= 0.3 is 0 Å². The van der Waals surface area contributed by atoms with Gasteiger partial charge in [-0.05, 0) is 51.0 Å². The lowest BCUT2D eigenvalue weighted by Gasteiger charge is -2.10. The average molecular weight is 354 g/mol. The SMILES string of the molecule is CCOc1ccc(/C=N\NC(=O)Cc2ccc(C)cc2C)c(OCC)c1. The van der Waals surface area contributed by atoms with Crippen LogP contribution in [0.25, 0.3) is 0 Å². The highest BCUT2D eigenvalue weighted by atomic mass is 16.5. The Bertz CT molecular complexity index is 785. The molecule has 0 saturated heterocycles. The first-order valence-corrected chi connectivity index (χ1v) is 8.81. The molecular formula is C21H26N2O3. The van der Waals surface area contributed by atoms with Crippen molar-refractivity contribution in [3.05, 3.63) is 58.7 Å². The molecule has 26 heavy (non-hydrogen) atoms. The summed E-state index contributed by atoms with van der Waals surface area (Å²) in [6.07, 6.45) is 1.88. The number of hydrogen-bond acceptors (Lipinski definition) is 4. The van der Waals surface area contributed by atoms with Crippen molar-refractivity contribution in [2.24, 2.45) is 5.10 Å². The molecule has 0 aliphatic carbocycles. The quantitative estimate of drug-likeness (QED) is 0.579. The summed E-state index contributed by atoms with van der Waals surface area (Å²) < 4.78 is 11.1. The van der Waals surface area contributed by atoms with Gasteiger partial charge in [0.15, 0.2) is 0 Å². The molecule has 0 saturated carbocycles. The molecule has 0 fully saturated rings. The number of hydrazone groups is 1. The monoisotopic (exact) mass is 354 g/mol. The molecule has 1 amide bonds. The summed E-state index contributed by atoms with van der Waals surface area (Å²) in [5.41, 5.74) is 6.64. The largest absolute Gasteiger partial charge is 0.494 e. The summed E-state index contributed by atoms with van der Waals surface area (Å²) in [5, 5.41) is 4.06. The zero-order valence-corrected chi connectivity index (χ0v) is 15.8. The van der Waals surface area contributed by atoms with E-state index in [1.54, 1.807) is 6.21 Å². The van der Waals surface area contributed by atoms with E-state index in [9.17, 15) is 4.79 Å². The second kappa shape index (κ2) is 9.61. The summed E-state index contributed by atoms with van der Waals surface area (Å²) in [6, 6.07) is 11.6. The first-order chi connectivity index (χ1) is 12.5. The van der Waals surface area contributed by atoms with E-state index in [2.05, 4.69) is 16.6 Å². The number of amides is 1. The normalized spacial score (nSPS) is 10.8. The number of hydrogen-bond donors (Lipinski definition) is 1. The molecule has 0 atom stereocenters. The van der Waals surface area contributed by atoms with Crippen LogP contribution in [0, 0.1) is 13.8 Å². The summed E-state index contributed by atoms with van der Waals surface area (Å²) >= 11 is 0. The van der Waals surface area contributed by atoms with Crippen LogP contribution in [-0.4, -0.2) is 25.3 Å². The number of rotatable bonds is 8. The number of ether oxygens (including phenoxy) is 2. The van der Waals surface area contributed by atoms with Gasteiger partial charge in [0.05, 0.1) is 25.8 Å². The maximum Gasteiger partial charge on any atom is 0.244 e. The third kappa shape index (κ3) is 5.62. The van der Waals surface area contributed by atoms with E-state index in [1.807, 2.05) is 58.0 Å². The second-order valence-corrected chi connectivity index (χ2v) is 5.97. The van der Waals surface area contributed by atoms with E-state index in [-0.39, 0.29) is 5.91 Å². The lowest BCUT2D eigenvalue weighted by molar-refractivity contribution is -0.120. The van der Waals surface area contributed by atoms with Crippen molar-refractivity contribution in [3.63, 3.8) is 0 Å². The number of nitrogens with one attached hydrogen (secondary N) is 1. The Morgan fingerprint density at radius 2 is 1.85 bits per heavy atom. The molecule has 2 aromatic rings. The van der Waals surface area contributed by atoms with Crippen molar-refractivity contribution in [3.8, 4) is 11.5 Å². The molecule has 5 nitrogen and oxygen atoms in total. The highest BCUT2D eigenvalue weighted by Crippen LogP contribution is 2.24. The molecule has 0 unspecified atom stereocenters. The summed E-state index contributed by atoms with van der Waals surface area (Å²) in [4.78, 5) is 12.1. The van der Waals surface area contributed by atoms with Crippen LogP contribution in [0.3, 0.4) is 0 Å². The van der Waals surface area contributed by atoms with Crippen molar-refractivity contribution in [1.82, 2.24) is 5.43 Å². The van der Waals surface area contributed by atoms with E-state index < -0.39 is 0 Å². The van der Waals surface area contributed by atoms with Crippen LogP contribution in [0.15, 0.2) is 41.5 Å². The van der Waals surface area contributed by atoms with Crippen LogP contribution in [0.4, 0.5) is 0 Å². The molecule has 0 aromatic heterocycles. The molecule has 1 N–H and O–H groups in total. The van der Waals surface area contributed by atoms with Crippen molar-refractivity contribution < 1.29 is 14.3 Å². The number of aryl methyl sites for hydroxylation is 2. The van der Waals surface area contributed by atoms with E-state index in [0.717, 1.165) is 22.4 Å². The first kappa shape index (κ1) is 19.5. The van der Waals surface area contributed by atoms with Gasteiger partial charge in [-0.25, -0.2) is 5.43 Å². The number of benzene rings is 2. The smallest absolute Gasteiger partial charge is 0.244 e. The average Bonchev–Trinajstić information content (AvgIpc) is 2.60.